The first-order chi connectivity index (χ1) is 5.74. The van der Waals surface area contributed by atoms with E-state index in [1.807, 2.05) is 6.07 Å². The first-order valence-corrected chi connectivity index (χ1v) is 5.27. The molecule has 12 heavy (non-hydrogen) atoms. The van der Waals surface area contributed by atoms with E-state index in [2.05, 4.69) is 4.24 Å². The second-order valence-corrected chi connectivity index (χ2v) is 4.14. The SMILES string of the molecule is ClNSCc1ccc(Cl)cc1Cl. The molecule has 0 bridgehead atoms. The molecule has 0 spiro atoms. The van der Waals surface area contributed by atoms with Crippen molar-refractivity contribution >= 4 is 46.9 Å². The fourth-order valence-corrected chi connectivity index (χ4v) is 1.92. The predicted molar refractivity (Wildman–Crippen MR) is 56.7 cm³/mol. The Balaban J connectivity index is 2.72. The highest BCUT2D eigenvalue weighted by molar-refractivity contribution is 7.97. The average molecular weight is 243 g/mol. The molecule has 0 saturated carbocycles. The zero-order chi connectivity index (χ0) is 8.97. The number of hydrogen-bond donors (Lipinski definition) is 1. The van der Waals surface area contributed by atoms with Gasteiger partial charge in [0.05, 0.1) is 0 Å². The van der Waals surface area contributed by atoms with Crippen molar-refractivity contribution in [3.8, 4) is 0 Å². The van der Waals surface area contributed by atoms with Gasteiger partial charge in [0.15, 0.2) is 0 Å². The van der Waals surface area contributed by atoms with Gasteiger partial charge in [0.25, 0.3) is 0 Å². The molecule has 1 rings (SSSR count). The number of halogens is 3. The van der Waals surface area contributed by atoms with Crippen LogP contribution < -0.4 is 4.24 Å². The van der Waals surface area contributed by atoms with Gasteiger partial charge in [0, 0.05) is 15.8 Å². The van der Waals surface area contributed by atoms with Crippen molar-refractivity contribution in [2.45, 2.75) is 5.75 Å². The number of nitrogens with one attached hydrogen (secondary N) is 1. The van der Waals surface area contributed by atoms with Gasteiger partial charge >= 0.3 is 0 Å². The summed E-state index contributed by atoms with van der Waals surface area (Å²) in [6, 6.07) is 5.40. The van der Waals surface area contributed by atoms with Crippen LogP contribution in [0.3, 0.4) is 0 Å². The Hall–Kier alpha value is 0.400. The number of rotatable bonds is 3. The molecule has 0 fully saturated rings. The first-order valence-electron chi connectivity index (χ1n) is 3.15. The zero-order valence-electron chi connectivity index (χ0n) is 5.98. The van der Waals surface area contributed by atoms with E-state index < -0.39 is 0 Å². The fraction of sp³-hybridized carbons (Fsp3) is 0.143. The van der Waals surface area contributed by atoms with Crippen LogP contribution in [-0.2, 0) is 5.75 Å². The largest absolute Gasteiger partial charge is 0.176 e. The van der Waals surface area contributed by atoms with Gasteiger partial charge in [-0.25, -0.2) is 0 Å². The molecule has 1 nitrogen and oxygen atoms in total. The Labute approximate surface area is 90.6 Å². The van der Waals surface area contributed by atoms with Crippen LogP contribution in [-0.4, -0.2) is 0 Å². The lowest BCUT2D eigenvalue weighted by Crippen LogP contribution is -1.87. The van der Waals surface area contributed by atoms with Gasteiger partial charge in [0.2, 0.25) is 0 Å². The maximum absolute atomic E-state index is 5.90. The molecule has 1 aromatic rings. The molecule has 0 aromatic heterocycles. The topological polar surface area (TPSA) is 12.0 Å². The van der Waals surface area contributed by atoms with E-state index in [1.165, 1.54) is 11.9 Å². The lowest BCUT2D eigenvalue weighted by molar-refractivity contribution is 1.40. The van der Waals surface area contributed by atoms with Crippen molar-refractivity contribution in [3.05, 3.63) is 33.8 Å². The first kappa shape index (κ1) is 10.5. The summed E-state index contributed by atoms with van der Waals surface area (Å²) in [5.41, 5.74) is 1.01. The van der Waals surface area contributed by atoms with E-state index >= 15 is 0 Å². The van der Waals surface area contributed by atoms with Crippen LogP contribution in [0.25, 0.3) is 0 Å². The van der Waals surface area contributed by atoms with Gasteiger partial charge in [-0.1, -0.05) is 41.2 Å². The van der Waals surface area contributed by atoms with E-state index in [0.717, 1.165) is 11.3 Å². The molecule has 1 N–H and O–H groups in total. The minimum Gasteiger partial charge on any atom is -0.176 e. The van der Waals surface area contributed by atoms with Crippen LogP contribution >= 0.6 is 46.9 Å². The molecule has 0 saturated heterocycles. The average Bonchev–Trinajstić information content (AvgIpc) is 2.03. The molecule has 0 heterocycles. The van der Waals surface area contributed by atoms with Crippen molar-refractivity contribution in [1.29, 1.82) is 0 Å². The summed E-state index contributed by atoms with van der Waals surface area (Å²) >= 11 is 18.3. The maximum atomic E-state index is 5.90. The summed E-state index contributed by atoms with van der Waals surface area (Å²) in [5.74, 6) is 0.722. The van der Waals surface area contributed by atoms with Gasteiger partial charge in [-0.3, -0.25) is 0 Å². The normalized spacial score (nSPS) is 10.2. The van der Waals surface area contributed by atoms with Crippen LogP contribution in [0.2, 0.25) is 10.0 Å². The third-order valence-corrected chi connectivity index (χ3v) is 2.78. The molecule has 0 atom stereocenters. The van der Waals surface area contributed by atoms with Gasteiger partial charge in [-0.2, -0.15) is 4.24 Å². The van der Waals surface area contributed by atoms with Crippen LogP contribution in [0.1, 0.15) is 5.56 Å². The second kappa shape index (κ2) is 5.20. The minimum absolute atomic E-state index is 0.646. The van der Waals surface area contributed by atoms with Gasteiger partial charge in [-0.05, 0) is 29.5 Å². The molecular formula is C7H6Cl3NS. The van der Waals surface area contributed by atoms with E-state index in [4.69, 9.17) is 35.0 Å². The molecular weight excluding hydrogens is 237 g/mol. The summed E-state index contributed by atoms with van der Waals surface area (Å²) in [6.07, 6.45) is 0. The molecule has 0 amide bonds. The standard InChI is InChI=1S/C7H6Cl3NS/c8-6-2-1-5(4-12-11-10)7(9)3-6/h1-3,11H,4H2. The molecule has 1 aromatic carbocycles. The molecule has 0 aliphatic rings. The van der Waals surface area contributed by atoms with Crippen molar-refractivity contribution in [1.82, 2.24) is 4.24 Å². The zero-order valence-corrected chi connectivity index (χ0v) is 9.07. The van der Waals surface area contributed by atoms with Crippen molar-refractivity contribution in [2.75, 3.05) is 0 Å². The minimum atomic E-state index is 0.646. The predicted octanol–water partition coefficient (Wildman–Crippen LogP) is 3.89. The van der Waals surface area contributed by atoms with Crippen LogP contribution in [0.5, 0.6) is 0 Å². The Morgan fingerprint density at radius 2 is 2.08 bits per heavy atom. The quantitative estimate of drug-likeness (QED) is 0.638. The summed E-state index contributed by atoms with van der Waals surface area (Å²) < 4.78 is 2.46. The second-order valence-electron chi connectivity index (χ2n) is 2.10. The molecule has 5 heteroatoms. The van der Waals surface area contributed by atoms with Gasteiger partial charge in [-0.15, -0.1) is 0 Å². The fourth-order valence-electron chi connectivity index (χ4n) is 0.744. The highest BCUT2D eigenvalue weighted by Gasteiger charge is 2.00. The molecule has 0 radical (unpaired) electrons. The smallest absolute Gasteiger partial charge is 0.0461 e. The van der Waals surface area contributed by atoms with Crippen molar-refractivity contribution in [3.63, 3.8) is 0 Å². The van der Waals surface area contributed by atoms with Gasteiger partial charge < -0.3 is 0 Å². The Morgan fingerprint density at radius 1 is 1.33 bits per heavy atom. The lowest BCUT2D eigenvalue weighted by atomic mass is 10.2. The van der Waals surface area contributed by atoms with E-state index in [1.54, 1.807) is 12.1 Å². The molecule has 66 valence electrons. The van der Waals surface area contributed by atoms with Crippen LogP contribution in [0, 0.1) is 0 Å². The third-order valence-electron chi connectivity index (χ3n) is 1.30. The summed E-state index contributed by atoms with van der Waals surface area (Å²) in [5, 5.41) is 1.31. The highest BCUT2D eigenvalue weighted by atomic mass is 35.5. The Bertz CT molecular complexity index is 267. The molecule has 0 unspecified atom stereocenters. The van der Waals surface area contributed by atoms with Crippen molar-refractivity contribution in [2.24, 2.45) is 0 Å². The maximum Gasteiger partial charge on any atom is 0.0461 e. The molecule has 0 aliphatic carbocycles. The number of benzene rings is 1. The summed E-state index contributed by atoms with van der Waals surface area (Å²) in [4.78, 5) is 0. The van der Waals surface area contributed by atoms with E-state index in [-0.39, 0.29) is 0 Å². The monoisotopic (exact) mass is 241 g/mol. The summed E-state index contributed by atoms with van der Waals surface area (Å²) in [6.45, 7) is 0. The lowest BCUT2D eigenvalue weighted by Gasteiger charge is -2.02. The van der Waals surface area contributed by atoms with Crippen molar-refractivity contribution < 1.29 is 0 Å². The summed E-state index contributed by atoms with van der Waals surface area (Å²) in [7, 11) is 0. The Morgan fingerprint density at radius 3 is 2.67 bits per heavy atom. The third kappa shape index (κ3) is 3.04. The van der Waals surface area contributed by atoms with Crippen LogP contribution in [0.15, 0.2) is 18.2 Å². The van der Waals surface area contributed by atoms with E-state index in [0.29, 0.717) is 10.0 Å². The van der Waals surface area contributed by atoms with E-state index in [9.17, 15) is 0 Å². The number of hydrogen-bond acceptors (Lipinski definition) is 2. The Kier molecular flexibility index (Phi) is 4.54. The van der Waals surface area contributed by atoms with Gasteiger partial charge in [0.1, 0.15) is 0 Å². The highest BCUT2D eigenvalue weighted by Crippen LogP contribution is 2.23. The molecule has 0 aliphatic heterocycles. The van der Waals surface area contributed by atoms with Crippen LogP contribution in [0.4, 0.5) is 0 Å².